The van der Waals surface area contributed by atoms with Gasteiger partial charge in [-0.05, 0) is 47.0 Å². The summed E-state index contributed by atoms with van der Waals surface area (Å²) in [5.41, 5.74) is 6.30. The first kappa shape index (κ1) is 60.3. The van der Waals surface area contributed by atoms with Crippen molar-refractivity contribution in [3.63, 3.8) is 0 Å². The third-order valence-corrected chi connectivity index (χ3v) is 12.4. The summed E-state index contributed by atoms with van der Waals surface area (Å²) in [5.74, 6) is 1.08. The fourth-order valence-corrected chi connectivity index (χ4v) is 8.43. The molecule has 0 saturated carbocycles. The fourth-order valence-electron chi connectivity index (χ4n) is 8.43. The van der Waals surface area contributed by atoms with E-state index in [1.54, 1.807) is 48.7 Å². The number of hydrogen-bond donors (Lipinski definition) is 0. The molecule has 10 aromatic rings. The van der Waals surface area contributed by atoms with Crippen LogP contribution in [-0.2, 0) is 70.3 Å². The Kier molecular flexibility index (Phi) is 21.5. The molecule has 0 radical (unpaired) electrons. The molecule has 0 aliphatic carbocycles. The second kappa shape index (κ2) is 29.2. The van der Waals surface area contributed by atoms with Gasteiger partial charge in [0.05, 0.1) is 0 Å². The van der Waals surface area contributed by atoms with Gasteiger partial charge in [0.25, 0.3) is 11.1 Å². The van der Waals surface area contributed by atoms with Crippen molar-refractivity contribution < 1.29 is 42.1 Å². The summed E-state index contributed by atoms with van der Waals surface area (Å²) in [6.45, 7) is 3.62. The van der Waals surface area contributed by atoms with E-state index < -0.39 is 0 Å². The predicted octanol–water partition coefficient (Wildman–Crippen LogP) is 12.7. The van der Waals surface area contributed by atoms with E-state index in [1.165, 1.54) is 23.2 Å². The minimum absolute atomic E-state index is 0. The van der Waals surface area contributed by atoms with Crippen LogP contribution in [0.4, 0.5) is 68.5 Å². The number of nitrogens with zero attached hydrogens (tertiary/aromatic N) is 12. The molecule has 18 heteroatoms. The van der Waals surface area contributed by atoms with Crippen LogP contribution in [0.15, 0.2) is 260 Å². The minimum atomic E-state index is -0.364. The Morgan fingerprint density at radius 3 is 1.00 bits per heavy atom. The molecule has 82 heavy (non-hydrogen) atoms. The number of anilines is 8. The molecular weight excluding hydrogens is 1390 g/mol. The molecule has 0 unspecified atom stereocenters. The monoisotopic (exact) mass is 1440 g/mol. The molecule has 8 aromatic carbocycles. The standard InChI is InChI=1S/2C19H16N4O2.2C13H11N2.2Pt/c2*1-20-17-16(18(24)21(2)19(20)25)22(14-9-5-3-6-10-14)13-23(17)15-11-7-4-8-12-15;2*1-3-7-12(8-4-1)14-11-15-13-9-5-2-6-10-13;;/h2*3-9,11-13H,1-2H3;2*1-11H;;/q2*-2;2*-1;;. The van der Waals surface area contributed by atoms with Gasteiger partial charge < -0.3 is 40.2 Å². The maximum Gasteiger partial charge on any atom is 0.332 e. The van der Waals surface area contributed by atoms with E-state index in [0.29, 0.717) is 23.0 Å². The first-order chi connectivity index (χ1) is 39.1. The van der Waals surface area contributed by atoms with Crippen molar-refractivity contribution >= 4 is 81.2 Å². The summed E-state index contributed by atoms with van der Waals surface area (Å²) in [6.07, 6.45) is 3.15. The molecule has 4 heterocycles. The SMILES string of the molecule is C(=Nc1ccccc1)[N-]c1ccccc1.C(=Nc1ccccc1)[N-]c1ccccc1.Cn1c2c(c(=O)n(C)c1=O)N(c1[c-]cccc1)[CH-]N2c1ccccc1.Cn1c2c(c(=O)n(C)c1=O)N(c1[c-]cccc1)[CH-]N2c1ccccc1.[Pt].[Pt]. The average Bonchev–Trinajstić information content (AvgIpc) is 4.35. The summed E-state index contributed by atoms with van der Waals surface area (Å²) in [7, 11) is 6.32. The van der Waals surface area contributed by atoms with Gasteiger partial charge in [-0.3, -0.25) is 27.9 Å². The van der Waals surface area contributed by atoms with E-state index in [9.17, 15) is 19.2 Å². The molecule has 0 N–H and O–H groups in total. The predicted molar refractivity (Wildman–Crippen MR) is 323 cm³/mol. The van der Waals surface area contributed by atoms with Crippen molar-refractivity contribution in [3.05, 3.63) is 308 Å². The van der Waals surface area contributed by atoms with Crippen LogP contribution in [0.3, 0.4) is 0 Å². The summed E-state index contributed by atoms with van der Waals surface area (Å²) in [5, 5.41) is 8.42. The van der Waals surface area contributed by atoms with Crippen LogP contribution in [0.2, 0.25) is 0 Å². The number of aromatic nitrogens is 4. The van der Waals surface area contributed by atoms with E-state index in [0.717, 1.165) is 54.6 Å². The Balaban J connectivity index is 0.000000161. The molecule has 12 rings (SSSR count). The maximum absolute atomic E-state index is 12.8. The molecule has 2 aliphatic rings. The summed E-state index contributed by atoms with van der Waals surface area (Å²) in [6, 6.07) is 79.4. The largest absolute Gasteiger partial charge is 0.488 e. The van der Waals surface area contributed by atoms with Gasteiger partial charge in [-0.25, -0.2) is 9.59 Å². The maximum atomic E-state index is 12.8. The third kappa shape index (κ3) is 14.3. The Hall–Kier alpha value is -9.36. The second-order valence-electron chi connectivity index (χ2n) is 17.7. The van der Waals surface area contributed by atoms with E-state index >= 15 is 0 Å². The first-order valence-electron chi connectivity index (χ1n) is 25.3. The number of fused-ring (bicyclic) bond motifs is 2. The van der Waals surface area contributed by atoms with Crippen LogP contribution in [0.5, 0.6) is 0 Å². The molecule has 420 valence electrons. The molecule has 2 aliphatic heterocycles. The molecule has 0 fully saturated rings. The number of benzene rings is 8. The van der Waals surface area contributed by atoms with E-state index in [2.05, 4.69) is 32.8 Å². The van der Waals surface area contributed by atoms with Crippen molar-refractivity contribution in [2.75, 3.05) is 19.6 Å². The van der Waals surface area contributed by atoms with Gasteiger partial charge >= 0.3 is 11.4 Å². The van der Waals surface area contributed by atoms with Gasteiger partial charge in [0.15, 0.2) is 0 Å². The summed E-state index contributed by atoms with van der Waals surface area (Å²) < 4.78 is 5.22. The molecule has 16 nitrogen and oxygen atoms in total. The van der Waals surface area contributed by atoms with Crippen molar-refractivity contribution in [3.8, 4) is 0 Å². The van der Waals surface area contributed by atoms with Gasteiger partial charge in [0.2, 0.25) is 0 Å². The van der Waals surface area contributed by atoms with Crippen LogP contribution in [0.1, 0.15) is 0 Å². The van der Waals surface area contributed by atoms with Crippen molar-refractivity contribution in [1.82, 2.24) is 18.3 Å². The molecule has 0 bridgehead atoms. The summed E-state index contributed by atoms with van der Waals surface area (Å²) in [4.78, 5) is 66.2. The average molecular weight is 1450 g/mol. The Labute approximate surface area is 504 Å². The molecule has 0 saturated heterocycles. The third-order valence-electron chi connectivity index (χ3n) is 12.4. The van der Waals surface area contributed by atoms with Crippen LogP contribution in [0.25, 0.3) is 10.6 Å². The Morgan fingerprint density at radius 1 is 0.378 bits per heavy atom. The quantitative estimate of drug-likeness (QED) is 0.0745. The smallest absolute Gasteiger partial charge is 0.332 e. The van der Waals surface area contributed by atoms with Gasteiger partial charge in [-0.1, -0.05) is 170 Å². The molecule has 0 amide bonds. The van der Waals surface area contributed by atoms with Gasteiger partial charge in [-0.2, -0.15) is 60.7 Å². The van der Waals surface area contributed by atoms with Crippen molar-refractivity contribution in [2.24, 2.45) is 38.2 Å². The molecule has 0 atom stereocenters. The zero-order chi connectivity index (χ0) is 55.8. The number of aliphatic imine (C=N–C) groups is 2. The zero-order valence-corrected chi connectivity index (χ0v) is 49.4. The molecular formula is C64H54N12O4Pt2-6. The minimum Gasteiger partial charge on any atom is -0.488 e. The van der Waals surface area contributed by atoms with Crippen molar-refractivity contribution in [1.29, 1.82) is 0 Å². The first-order valence-corrected chi connectivity index (χ1v) is 25.3. The topological polar surface area (TPSA) is 154 Å². The van der Waals surface area contributed by atoms with E-state index in [1.807, 2.05) is 242 Å². The van der Waals surface area contributed by atoms with Gasteiger partial charge in [-0.15, -0.1) is 24.7 Å². The van der Waals surface area contributed by atoms with Gasteiger partial charge in [0, 0.05) is 81.7 Å². The second-order valence-corrected chi connectivity index (χ2v) is 17.7. The van der Waals surface area contributed by atoms with Crippen LogP contribution < -0.4 is 42.1 Å². The normalized spacial score (nSPS) is 11.9. The van der Waals surface area contributed by atoms with Crippen LogP contribution in [-0.4, -0.2) is 30.9 Å². The zero-order valence-electron chi connectivity index (χ0n) is 44.9. The Bertz CT molecular complexity index is 3670. The van der Waals surface area contributed by atoms with E-state index in [-0.39, 0.29) is 64.6 Å². The fraction of sp³-hybridized carbons (Fsp3) is 0.0625. The number of hydrogen-bond acceptors (Lipinski definition) is 10. The van der Waals surface area contributed by atoms with E-state index in [4.69, 9.17) is 0 Å². The Morgan fingerprint density at radius 2 is 0.683 bits per heavy atom. The molecule has 0 spiro atoms. The van der Waals surface area contributed by atoms with Crippen molar-refractivity contribution in [2.45, 2.75) is 0 Å². The van der Waals surface area contributed by atoms with Crippen LogP contribution in [0, 0.1) is 25.5 Å². The van der Waals surface area contributed by atoms with Gasteiger partial charge in [0.1, 0.15) is 23.0 Å². The number of para-hydroxylation sites is 8. The number of rotatable bonds is 10. The molecule has 2 aromatic heterocycles. The summed E-state index contributed by atoms with van der Waals surface area (Å²) >= 11 is 0. The van der Waals surface area contributed by atoms with Crippen LogP contribution >= 0.6 is 0 Å².